The molecule has 88 valence electrons. The third-order valence-corrected chi connectivity index (χ3v) is 3.58. The Morgan fingerprint density at radius 2 is 1.29 bits per heavy atom. The van der Waals surface area contributed by atoms with Crippen LogP contribution in [0.3, 0.4) is 0 Å². The molecule has 17 heavy (non-hydrogen) atoms. The van der Waals surface area contributed by atoms with Crippen molar-refractivity contribution in [1.29, 1.82) is 0 Å². The Balaban J connectivity index is 2.54. The molecule has 1 unspecified atom stereocenters. The van der Waals surface area contributed by atoms with Crippen LogP contribution in [0.2, 0.25) is 0 Å². The molecular weight excluding hydrogens is 227 g/mol. The van der Waals surface area contributed by atoms with Crippen LogP contribution in [-0.4, -0.2) is 0 Å². The molecule has 0 radical (unpaired) electrons. The van der Waals surface area contributed by atoms with Crippen LogP contribution in [0.1, 0.15) is 24.5 Å². The van der Waals surface area contributed by atoms with Gasteiger partial charge in [-0.1, -0.05) is 67.6 Å². The summed E-state index contributed by atoms with van der Waals surface area (Å²) in [4.78, 5) is 0. The summed E-state index contributed by atoms with van der Waals surface area (Å²) in [5.74, 6) is 0. The number of hydrogen-bond donors (Lipinski definition) is 0. The van der Waals surface area contributed by atoms with Gasteiger partial charge in [-0.25, -0.2) is 0 Å². The highest BCUT2D eigenvalue weighted by molar-refractivity contribution is 7.09. The van der Waals surface area contributed by atoms with E-state index in [2.05, 4.69) is 40.7 Å². The van der Waals surface area contributed by atoms with E-state index in [4.69, 9.17) is 4.52 Å². The van der Waals surface area contributed by atoms with Crippen molar-refractivity contribution in [3.8, 4) is 0 Å². The van der Waals surface area contributed by atoms with E-state index in [1.807, 2.05) is 36.4 Å². The first-order valence-corrected chi connectivity index (χ1v) is 6.29. The second-order valence-corrected chi connectivity index (χ2v) is 4.27. The molecule has 0 aliphatic rings. The van der Waals surface area contributed by atoms with Crippen LogP contribution in [0, 0.1) is 0 Å². The van der Waals surface area contributed by atoms with Crippen molar-refractivity contribution >= 4 is 9.47 Å². The predicted octanol–water partition coefficient (Wildman–Crippen LogP) is 4.15. The fraction of sp³-hybridized carbons (Fsp3) is 0.200. The van der Waals surface area contributed by atoms with Crippen LogP contribution in [0.15, 0.2) is 60.7 Å². The standard InChI is InChI=1S/C15H17OP/c1-2-15(16-17,13-9-5-3-6-10-13)14-11-7-4-8-12-14/h3-12H,2,17H2,1H3. The summed E-state index contributed by atoms with van der Waals surface area (Å²) in [5, 5.41) is 0. The molecule has 0 aromatic heterocycles. The highest BCUT2D eigenvalue weighted by Gasteiger charge is 2.31. The van der Waals surface area contributed by atoms with Crippen LogP contribution in [0.4, 0.5) is 0 Å². The van der Waals surface area contributed by atoms with Gasteiger partial charge >= 0.3 is 0 Å². The second kappa shape index (κ2) is 5.44. The molecule has 0 heterocycles. The lowest BCUT2D eigenvalue weighted by Gasteiger charge is -2.32. The van der Waals surface area contributed by atoms with Crippen molar-refractivity contribution in [2.24, 2.45) is 0 Å². The number of benzene rings is 2. The van der Waals surface area contributed by atoms with E-state index >= 15 is 0 Å². The zero-order chi connectivity index (χ0) is 12.1. The van der Waals surface area contributed by atoms with Gasteiger partial charge in [-0.3, -0.25) is 0 Å². The number of hydrogen-bond acceptors (Lipinski definition) is 1. The fourth-order valence-electron chi connectivity index (χ4n) is 2.21. The van der Waals surface area contributed by atoms with Crippen molar-refractivity contribution < 1.29 is 4.52 Å². The Morgan fingerprint density at radius 3 is 1.59 bits per heavy atom. The summed E-state index contributed by atoms with van der Waals surface area (Å²) in [5.41, 5.74) is 2.00. The summed E-state index contributed by atoms with van der Waals surface area (Å²) in [6.45, 7) is 2.14. The van der Waals surface area contributed by atoms with Gasteiger partial charge in [0.15, 0.2) is 0 Å². The average Bonchev–Trinajstić information content (AvgIpc) is 2.43. The molecule has 0 N–H and O–H groups in total. The number of rotatable bonds is 4. The molecule has 2 rings (SSSR count). The Labute approximate surface area is 105 Å². The van der Waals surface area contributed by atoms with Gasteiger partial charge in [0.2, 0.25) is 0 Å². The predicted molar refractivity (Wildman–Crippen MR) is 74.8 cm³/mol. The quantitative estimate of drug-likeness (QED) is 0.734. The van der Waals surface area contributed by atoms with Crippen LogP contribution in [-0.2, 0) is 10.1 Å². The molecule has 2 heteroatoms. The Kier molecular flexibility index (Phi) is 3.93. The van der Waals surface area contributed by atoms with Crippen LogP contribution in [0.25, 0.3) is 0 Å². The van der Waals surface area contributed by atoms with Gasteiger partial charge in [0.05, 0.1) is 0 Å². The zero-order valence-electron chi connectivity index (χ0n) is 9.97. The molecule has 2 aromatic rings. The molecule has 0 saturated heterocycles. The Bertz CT molecular complexity index is 407. The van der Waals surface area contributed by atoms with Crippen LogP contribution >= 0.6 is 9.47 Å². The highest BCUT2D eigenvalue weighted by Crippen LogP contribution is 2.38. The topological polar surface area (TPSA) is 9.23 Å². The van der Waals surface area contributed by atoms with E-state index < -0.39 is 0 Å². The first-order chi connectivity index (χ1) is 8.33. The third kappa shape index (κ3) is 2.26. The highest BCUT2D eigenvalue weighted by atomic mass is 31.0. The molecule has 1 atom stereocenters. The molecule has 0 fully saturated rings. The van der Waals surface area contributed by atoms with Gasteiger partial charge in [0.1, 0.15) is 5.60 Å². The molecule has 0 aliphatic carbocycles. The van der Waals surface area contributed by atoms with Gasteiger partial charge in [0, 0.05) is 9.47 Å². The van der Waals surface area contributed by atoms with Crippen LogP contribution in [0.5, 0.6) is 0 Å². The summed E-state index contributed by atoms with van der Waals surface area (Å²) < 4.78 is 5.78. The maximum atomic E-state index is 5.78. The van der Waals surface area contributed by atoms with Gasteiger partial charge in [0.25, 0.3) is 0 Å². The van der Waals surface area contributed by atoms with Gasteiger partial charge in [-0.05, 0) is 17.5 Å². The van der Waals surface area contributed by atoms with Crippen molar-refractivity contribution in [3.63, 3.8) is 0 Å². The minimum Gasteiger partial charge on any atom is -0.350 e. The lowest BCUT2D eigenvalue weighted by Crippen LogP contribution is -2.27. The van der Waals surface area contributed by atoms with E-state index in [1.54, 1.807) is 0 Å². The largest absolute Gasteiger partial charge is 0.350 e. The lowest BCUT2D eigenvalue weighted by molar-refractivity contribution is 0.135. The van der Waals surface area contributed by atoms with Gasteiger partial charge in [-0.2, -0.15) is 0 Å². The lowest BCUT2D eigenvalue weighted by atomic mass is 9.84. The van der Waals surface area contributed by atoms with E-state index in [0.29, 0.717) is 0 Å². The molecule has 0 spiro atoms. The molecule has 2 aromatic carbocycles. The van der Waals surface area contributed by atoms with E-state index in [-0.39, 0.29) is 5.60 Å². The summed E-state index contributed by atoms with van der Waals surface area (Å²) in [6, 6.07) is 20.7. The maximum absolute atomic E-state index is 5.78. The van der Waals surface area contributed by atoms with Crippen molar-refractivity contribution in [1.82, 2.24) is 0 Å². The van der Waals surface area contributed by atoms with Crippen molar-refractivity contribution in [2.45, 2.75) is 18.9 Å². The van der Waals surface area contributed by atoms with Gasteiger partial charge in [-0.15, -0.1) is 0 Å². The monoisotopic (exact) mass is 244 g/mol. The average molecular weight is 244 g/mol. The molecular formula is C15H17OP. The van der Waals surface area contributed by atoms with E-state index in [9.17, 15) is 0 Å². The van der Waals surface area contributed by atoms with E-state index in [1.165, 1.54) is 11.1 Å². The first kappa shape index (κ1) is 12.3. The van der Waals surface area contributed by atoms with E-state index in [0.717, 1.165) is 6.42 Å². The smallest absolute Gasteiger partial charge is 0.121 e. The fourth-order valence-corrected chi connectivity index (χ4v) is 2.65. The minimum absolute atomic E-state index is 0.368. The summed E-state index contributed by atoms with van der Waals surface area (Å²) >= 11 is 0. The SMILES string of the molecule is CCC(OP)(c1ccccc1)c1ccccc1. The molecule has 1 nitrogen and oxygen atoms in total. The van der Waals surface area contributed by atoms with Crippen molar-refractivity contribution in [3.05, 3.63) is 71.8 Å². The maximum Gasteiger partial charge on any atom is 0.121 e. The Hall–Kier alpha value is -1.17. The second-order valence-electron chi connectivity index (χ2n) is 4.03. The molecule has 0 bridgehead atoms. The normalized spacial score (nSPS) is 11.4. The summed E-state index contributed by atoms with van der Waals surface area (Å²) in [7, 11) is 2.41. The Morgan fingerprint density at radius 1 is 0.882 bits per heavy atom. The third-order valence-electron chi connectivity index (χ3n) is 3.18. The molecule has 0 aliphatic heterocycles. The first-order valence-electron chi connectivity index (χ1n) is 5.82. The zero-order valence-corrected chi connectivity index (χ0v) is 11.1. The molecule has 0 saturated carbocycles. The van der Waals surface area contributed by atoms with Gasteiger partial charge < -0.3 is 4.52 Å². The molecule has 0 amide bonds. The minimum atomic E-state index is -0.368. The summed E-state index contributed by atoms with van der Waals surface area (Å²) in [6.07, 6.45) is 0.893. The van der Waals surface area contributed by atoms with Crippen LogP contribution < -0.4 is 0 Å². The van der Waals surface area contributed by atoms with Crippen molar-refractivity contribution in [2.75, 3.05) is 0 Å².